The number of carbonyl (C=O) groups excluding carboxylic acids is 1. The minimum Gasteiger partial charge on any atom is -0.451 e. The number of para-hydroxylation sites is 1. The Bertz CT molecular complexity index is 1650. The third-order valence-corrected chi connectivity index (χ3v) is 6.64. The molecule has 0 unspecified atom stereocenters. The fraction of sp³-hybridized carbons (Fsp3) is 0.154. The lowest BCUT2D eigenvalue weighted by Crippen LogP contribution is -2.29. The molecule has 0 saturated heterocycles. The van der Waals surface area contributed by atoms with Crippen molar-refractivity contribution >= 4 is 55.9 Å². The molecule has 5 rings (SSSR count). The second kappa shape index (κ2) is 10.1. The van der Waals surface area contributed by atoms with Gasteiger partial charge in [0.25, 0.3) is 5.91 Å². The normalized spacial score (nSPS) is 11.2. The summed E-state index contributed by atoms with van der Waals surface area (Å²) in [6.45, 7) is 1.02. The Morgan fingerprint density at radius 2 is 1.94 bits per heavy atom. The summed E-state index contributed by atoms with van der Waals surface area (Å²) in [7, 11) is 1.68. The van der Waals surface area contributed by atoms with E-state index in [0.29, 0.717) is 41.1 Å². The molecule has 0 atom stereocenters. The summed E-state index contributed by atoms with van der Waals surface area (Å²) in [6.07, 6.45) is 2.33. The smallest absolute Gasteiger partial charge is 0.289 e. The third kappa shape index (κ3) is 4.72. The van der Waals surface area contributed by atoms with Crippen LogP contribution in [0.15, 0.2) is 80.5 Å². The Morgan fingerprint density at radius 1 is 1.17 bits per heavy atom. The Hall–Kier alpha value is -3.69. The molecule has 0 radical (unpaired) electrons. The molecule has 0 saturated carbocycles. The lowest BCUT2D eigenvalue weighted by Gasteiger charge is -2.17. The highest BCUT2D eigenvalue weighted by Gasteiger charge is 2.17. The number of rotatable bonds is 7. The zero-order chi connectivity index (χ0) is 25.2. The van der Waals surface area contributed by atoms with Gasteiger partial charge in [0.1, 0.15) is 11.4 Å². The number of halogens is 2. The molecule has 1 amide bonds. The zero-order valence-corrected chi connectivity index (χ0v) is 21.6. The first-order valence-corrected chi connectivity index (χ1v) is 12.4. The van der Waals surface area contributed by atoms with Gasteiger partial charge in [-0.15, -0.1) is 0 Å². The second-order valence-electron chi connectivity index (χ2n) is 8.21. The van der Waals surface area contributed by atoms with Gasteiger partial charge >= 0.3 is 0 Å². The van der Waals surface area contributed by atoms with Crippen molar-refractivity contribution in [2.24, 2.45) is 0 Å². The second-order valence-corrected chi connectivity index (χ2v) is 9.47. The van der Waals surface area contributed by atoms with Crippen molar-refractivity contribution in [3.63, 3.8) is 0 Å². The molecule has 36 heavy (non-hydrogen) atoms. The van der Waals surface area contributed by atoms with Crippen LogP contribution in [0.2, 0.25) is 5.02 Å². The van der Waals surface area contributed by atoms with E-state index in [1.54, 1.807) is 42.0 Å². The molecule has 0 fully saturated rings. The predicted octanol–water partition coefficient (Wildman–Crippen LogP) is 5.49. The highest BCUT2D eigenvalue weighted by molar-refractivity contribution is 9.10. The minimum absolute atomic E-state index is 0.0239. The first kappa shape index (κ1) is 24.0. The number of hydrogen-bond acceptors (Lipinski definition) is 6. The van der Waals surface area contributed by atoms with Crippen molar-refractivity contribution < 1.29 is 9.21 Å². The lowest BCUT2D eigenvalue weighted by molar-refractivity contribution is 0.0764. The zero-order valence-electron chi connectivity index (χ0n) is 19.2. The van der Waals surface area contributed by atoms with E-state index in [2.05, 4.69) is 26.3 Å². The van der Waals surface area contributed by atoms with Crippen LogP contribution in [-0.2, 0) is 0 Å². The molecule has 0 bridgehead atoms. The Kier molecular flexibility index (Phi) is 6.75. The van der Waals surface area contributed by atoms with Crippen LogP contribution >= 0.6 is 27.5 Å². The molecule has 0 spiro atoms. The summed E-state index contributed by atoms with van der Waals surface area (Å²) in [6, 6.07) is 17.6. The number of fused-ring (bicyclic) bond motifs is 2. The average molecular weight is 567 g/mol. The maximum atomic E-state index is 12.8. The molecule has 3 heterocycles. The van der Waals surface area contributed by atoms with Gasteiger partial charge in [-0.25, -0.2) is 4.98 Å². The number of amides is 1. The first-order valence-electron chi connectivity index (χ1n) is 11.2. The summed E-state index contributed by atoms with van der Waals surface area (Å²) in [5.74, 6) is 0.423. The summed E-state index contributed by atoms with van der Waals surface area (Å²) in [5, 5.41) is 8.84. The maximum Gasteiger partial charge on any atom is 0.289 e. The number of anilines is 1. The van der Waals surface area contributed by atoms with E-state index >= 15 is 0 Å². The predicted molar refractivity (Wildman–Crippen MR) is 144 cm³/mol. The maximum absolute atomic E-state index is 12.8. The number of aromatic nitrogens is 3. The monoisotopic (exact) mass is 565 g/mol. The molecule has 3 aromatic heterocycles. The highest BCUT2D eigenvalue weighted by atomic mass is 79.9. The van der Waals surface area contributed by atoms with Gasteiger partial charge in [-0.3, -0.25) is 9.59 Å². The number of benzene rings is 2. The number of nitrogens with one attached hydrogen (secondary N) is 1. The fourth-order valence-electron chi connectivity index (χ4n) is 3.90. The van der Waals surface area contributed by atoms with Gasteiger partial charge in [0.2, 0.25) is 0 Å². The van der Waals surface area contributed by atoms with Crippen LogP contribution in [0.25, 0.3) is 27.9 Å². The van der Waals surface area contributed by atoms with Gasteiger partial charge < -0.3 is 14.6 Å². The Balaban J connectivity index is 1.28. The number of carbonyl (C=O) groups is 1. The molecule has 0 aliphatic carbocycles. The molecular weight excluding hydrogens is 546 g/mol. The van der Waals surface area contributed by atoms with Crippen molar-refractivity contribution in [3.8, 4) is 11.3 Å². The summed E-state index contributed by atoms with van der Waals surface area (Å²) < 4.78 is 8.15. The van der Waals surface area contributed by atoms with E-state index in [0.717, 1.165) is 21.5 Å². The molecule has 0 aliphatic rings. The molecule has 8 nitrogen and oxygen atoms in total. The summed E-state index contributed by atoms with van der Waals surface area (Å²) >= 11 is 9.90. The van der Waals surface area contributed by atoms with Crippen molar-refractivity contribution in [1.29, 1.82) is 0 Å². The van der Waals surface area contributed by atoms with Crippen LogP contribution in [0.5, 0.6) is 0 Å². The number of nitrogens with zero attached hydrogens (tertiary/aromatic N) is 4. The van der Waals surface area contributed by atoms with Crippen LogP contribution in [0.3, 0.4) is 0 Å². The van der Waals surface area contributed by atoms with Crippen LogP contribution < -0.4 is 10.7 Å². The van der Waals surface area contributed by atoms with Crippen LogP contribution in [0.1, 0.15) is 17.0 Å². The van der Waals surface area contributed by atoms with Gasteiger partial charge in [-0.05, 0) is 40.5 Å². The van der Waals surface area contributed by atoms with Gasteiger partial charge in [0.05, 0.1) is 21.7 Å². The van der Waals surface area contributed by atoms with E-state index < -0.39 is 0 Å². The fourth-order valence-corrected chi connectivity index (χ4v) is 4.48. The van der Waals surface area contributed by atoms with E-state index in [4.69, 9.17) is 21.0 Å². The summed E-state index contributed by atoms with van der Waals surface area (Å²) in [4.78, 5) is 31.4. The van der Waals surface area contributed by atoms with Crippen molar-refractivity contribution in [2.75, 3.05) is 25.5 Å². The SMILES string of the molecule is CN(CCCNc1cc(-c2ccccc2Cl)nc2c(Br)cnn12)C(=O)c1cc(=O)c2ccccc2o1. The van der Waals surface area contributed by atoms with Crippen molar-refractivity contribution in [3.05, 3.63) is 92.3 Å². The quantitative estimate of drug-likeness (QED) is 0.262. The van der Waals surface area contributed by atoms with Gasteiger partial charge in [-0.2, -0.15) is 9.61 Å². The highest BCUT2D eigenvalue weighted by Crippen LogP contribution is 2.30. The molecule has 0 aliphatic heterocycles. The molecule has 2 aromatic carbocycles. The first-order chi connectivity index (χ1) is 17.4. The Morgan fingerprint density at radius 3 is 2.78 bits per heavy atom. The molecule has 10 heteroatoms. The third-order valence-electron chi connectivity index (χ3n) is 5.75. The average Bonchev–Trinajstić information content (AvgIpc) is 3.26. The van der Waals surface area contributed by atoms with Crippen LogP contribution in [-0.4, -0.2) is 45.5 Å². The minimum atomic E-state index is -0.346. The van der Waals surface area contributed by atoms with E-state index in [-0.39, 0.29) is 17.1 Å². The molecule has 5 aromatic rings. The molecule has 182 valence electrons. The van der Waals surface area contributed by atoms with Gasteiger partial charge in [0.15, 0.2) is 16.8 Å². The van der Waals surface area contributed by atoms with Gasteiger partial charge in [0, 0.05) is 42.9 Å². The number of hydrogen-bond donors (Lipinski definition) is 1. The van der Waals surface area contributed by atoms with Gasteiger partial charge in [-0.1, -0.05) is 41.9 Å². The van der Waals surface area contributed by atoms with Crippen LogP contribution in [0, 0.1) is 0 Å². The van der Waals surface area contributed by atoms with Crippen LogP contribution in [0.4, 0.5) is 5.82 Å². The standard InChI is InChI=1S/C26H21BrClN5O3/c1-32(26(35)23-14-21(34)17-8-3-5-10-22(17)36-23)12-6-11-29-24-13-20(16-7-2-4-9-19(16)28)31-25-18(27)15-30-33(24)25/h2-5,7-10,13-15,29H,6,11-12H2,1H3. The Labute approximate surface area is 219 Å². The van der Waals surface area contributed by atoms with E-state index in [1.807, 2.05) is 30.3 Å². The molecule has 1 N–H and O–H groups in total. The molecular formula is C26H21BrClN5O3. The largest absolute Gasteiger partial charge is 0.451 e. The van der Waals surface area contributed by atoms with E-state index in [9.17, 15) is 9.59 Å². The van der Waals surface area contributed by atoms with Crippen molar-refractivity contribution in [2.45, 2.75) is 6.42 Å². The summed E-state index contributed by atoms with van der Waals surface area (Å²) in [5.41, 5.74) is 2.35. The van der Waals surface area contributed by atoms with Crippen molar-refractivity contribution in [1.82, 2.24) is 19.5 Å². The van der Waals surface area contributed by atoms with E-state index in [1.165, 1.54) is 11.0 Å². The topological polar surface area (TPSA) is 92.7 Å². The lowest BCUT2D eigenvalue weighted by atomic mass is 10.1.